The number of hydrogen-bond acceptors (Lipinski definition) is 9. The molecule has 2 rings (SSSR count). The second kappa shape index (κ2) is 20.3. The number of primary amides is 1. The molecule has 0 unspecified atom stereocenters. The van der Waals surface area contributed by atoms with Gasteiger partial charge in [-0.25, -0.2) is 0 Å². The summed E-state index contributed by atoms with van der Waals surface area (Å²) in [5, 5.41) is 12.7. The molecule has 0 spiro atoms. The lowest BCUT2D eigenvalue weighted by atomic mass is 9.99. The third-order valence-corrected chi connectivity index (χ3v) is 7.51. The predicted octanol–water partition coefficient (Wildman–Crippen LogP) is -0.437. The van der Waals surface area contributed by atoms with Crippen molar-refractivity contribution in [2.24, 2.45) is 23.3 Å². The molecule has 15 nitrogen and oxygen atoms in total. The maximum Gasteiger partial charge on any atom is 0.308 e. The van der Waals surface area contributed by atoms with E-state index in [2.05, 4.69) is 26.6 Å². The number of nitrogens with one attached hydrogen (secondary N) is 5. The first-order valence-corrected chi connectivity index (χ1v) is 16.4. The Morgan fingerprint density at radius 2 is 1.10 bits per heavy atom. The lowest BCUT2D eigenvalue weighted by Crippen LogP contribution is -2.61. The third-order valence-electron chi connectivity index (χ3n) is 7.51. The van der Waals surface area contributed by atoms with Gasteiger partial charge in [0.25, 0.3) is 0 Å². The summed E-state index contributed by atoms with van der Waals surface area (Å²) in [4.78, 5) is 90.4. The molecule has 0 aliphatic heterocycles. The van der Waals surface area contributed by atoms with Crippen molar-refractivity contribution < 1.29 is 38.3 Å². The minimum absolute atomic E-state index is 0.0450. The van der Waals surface area contributed by atoms with Gasteiger partial charge in [0.2, 0.25) is 35.4 Å². The maximum atomic E-state index is 13.8. The van der Waals surface area contributed by atoms with Gasteiger partial charge in [0, 0.05) is 6.42 Å². The number of esters is 1. The average Bonchev–Trinajstić information content (AvgIpc) is 3.07. The van der Waals surface area contributed by atoms with E-state index >= 15 is 0 Å². The minimum Gasteiger partial charge on any atom is -0.461 e. The molecule has 0 aliphatic carbocycles. The number of carbonyl (C=O) groups excluding carboxylic acids is 7. The quantitative estimate of drug-likeness (QED) is 0.0942. The van der Waals surface area contributed by atoms with Gasteiger partial charge >= 0.3 is 5.97 Å². The highest BCUT2D eigenvalue weighted by atomic mass is 16.5. The molecule has 0 bridgehead atoms. The van der Waals surface area contributed by atoms with E-state index in [4.69, 9.17) is 16.2 Å². The van der Waals surface area contributed by atoms with Crippen molar-refractivity contribution in [3.8, 4) is 0 Å². The molecule has 5 atom stereocenters. The molecule has 0 aromatic heterocycles. The van der Waals surface area contributed by atoms with Crippen LogP contribution in [0.4, 0.5) is 0 Å². The van der Waals surface area contributed by atoms with Crippen molar-refractivity contribution in [3.63, 3.8) is 0 Å². The molecular formula is C35H49N7O8. The number of amides is 6. The van der Waals surface area contributed by atoms with Crippen LogP contribution in [0.5, 0.6) is 0 Å². The van der Waals surface area contributed by atoms with Gasteiger partial charge in [-0.2, -0.15) is 0 Å². The highest BCUT2D eigenvalue weighted by molar-refractivity contribution is 5.97. The summed E-state index contributed by atoms with van der Waals surface area (Å²) < 4.78 is 5.37. The predicted molar refractivity (Wildman–Crippen MR) is 184 cm³/mol. The van der Waals surface area contributed by atoms with Crippen LogP contribution in [-0.4, -0.2) is 78.2 Å². The summed E-state index contributed by atoms with van der Waals surface area (Å²) in [5.74, 6) is -6.15. The first-order valence-electron chi connectivity index (χ1n) is 16.4. The van der Waals surface area contributed by atoms with Crippen LogP contribution in [0.1, 0.15) is 52.2 Å². The number of ether oxygens (including phenoxy) is 1. The summed E-state index contributed by atoms with van der Waals surface area (Å²) in [6.07, 6.45) is -0.566. The zero-order valence-electron chi connectivity index (χ0n) is 29.1. The Labute approximate surface area is 292 Å². The molecule has 2 aromatic rings. The highest BCUT2D eigenvalue weighted by Crippen LogP contribution is 2.10. The van der Waals surface area contributed by atoms with E-state index in [1.54, 1.807) is 88.4 Å². The van der Waals surface area contributed by atoms with Gasteiger partial charge in [-0.1, -0.05) is 88.4 Å². The van der Waals surface area contributed by atoms with Crippen molar-refractivity contribution in [3.05, 3.63) is 71.8 Å². The molecule has 15 heteroatoms. The van der Waals surface area contributed by atoms with Crippen molar-refractivity contribution in [2.75, 3.05) is 6.54 Å². The van der Waals surface area contributed by atoms with E-state index < -0.39 is 96.4 Å². The molecule has 9 N–H and O–H groups in total. The van der Waals surface area contributed by atoms with Gasteiger partial charge < -0.3 is 42.8 Å². The molecule has 50 heavy (non-hydrogen) atoms. The molecule has 272 valence electrons. The Balaban J connectivity index is 2.34. The largest absolute Gasteiger partial charge is 0.461 e. The van der Waals surface area contributed by atoms with E-state index in [-0.39, 0.29) is 13.0 Å². The van der Waals surface area contributed by atoms with Crippen molar-refractivity contribution in [1.29, 1.82) is 0 Å². The number of carbonyl (C=O) groups is 7. The molecular weight excluding hydrogens is 646 g/mol. The van der Waals surface area contributed by atoms with Crippen LogP contribution in [0, 0.1) is 11.8 Å². The molecule has 0 heterocycles. The molecule has 0 aliphatic rings. The number of nitrogens with two attached hydrogens (primary N) is 2. The monoisotopic (exact) mass is 695 g/mol. The Bertz CT molecular complexity index is 1470. The second-order valence-electron chi connectivity index (χ2n) is 12.6. The number of benzene rings is 2. The van der Waals surface area contributed by atoms with Crippen LogP contribution in [0.25, 0.3) is 0 Å². The van der Waals surface area contributed by atoms with Crippen LogP contribution >= 0.6 is 0 Å². The first kappa shape index (κ1) is 40.9. The van der Waals surface area contributed by atoms with Gasteiger partial charge in [0.15, 0.2) is 0 Å². The number of rotatable bonds is 19. The van der Waals surface area contributed by atoms with E-state index in [1.165, 1.54) is 6.92 Å². The van der Waals surface area contributed by atoms with Crippen LogP contribution in [-0.2, 0) is 51.3 Å². The second-order valence-corrected chi connectivity index (χ2v) is 12.6. The smallest absolute Gasteiger partial charge is 0.308 e. The van der Waals surface area contributed by atoms with E-state index in [0.717, 1.165) is 0 Å². The summed E-state index contributed by atoms with van der Waals surface area (Å²) in [5.41, 5.74) is 12.3. The standard InChI is InChI=1S/C35H49N7O8/c1-20(2)29(34(48)38-18-27(37)43)42-35(49)30(21(3)4)41-33(47)26(17-28(44)50-19-24-14-10-7-11-15-24)40-32(46)25(39-31(45)22(5)36)16-23-12-8-6-9-13-23/h6-15,20-22,25-26,29-30H,16-19,36H2,1-5H3,(H2,37,43)(H,38,48)(H,39,45)(H,40,46)(H,41,47)(H,42,49)/t22-,25+,26+,29+,30+/m1/s1. The lowest BCUT2D eigenvalue weighted by Gasteiger charge is -2.29. The molecule has 0 fully saturated rings. The van der Waals surface area contributed by atoms with Crippen LogP contribution < -0.4 is 38.1 Å². The Kier molecular flexibility index (Phi) is 16.6. The molecule has 6 amide bonds. The molecule has 0 saturated carbocycles. The first-order chi connectivity index (χ1) is 23.6. The van der Waals surface area contributed by atoms with Crippen molar-refractivity contribution >= 4 is 41.4 Å². The molecule has 2 aromatic carbocycles. The zero-order valence-corrected chi connectivity index (χ0v) is 29.1. The topological polar surface area (TPSA) is 241 Å². The van der Waals surface area contributed by atoms with E-state index in [0.29, 0.717) is 11.1 Å². The zero-order chi connectivity index (χ0) is 37.4. The van der Waals surface area contributed by atoms with Gasteiger partial charge in [-0.15, -0.1) is 0 Å². The minimum atomic E-state index is -1.54. The maximum absolute atomic E-state index is 13.8. The average molecular weight is 696 g/mol. The fourth-order valence-corrected chi connectivity index (χ4v) is 4.66. The van der Waals surface area contributed by atoms with Crippen molar-refractivity contribution in [2.45, 2.75) is 84.3 Å². The van der Waals surface area contributed by atoms with E-state index in [9.17, 15) is 33.6 Å². The third kappa shape index (κ3) is 14.0. The summed E-state index contributed by atoms with van der Waals surface area (Å²) in [6, 6.07) is 11.7. The van der Waals surface area contributed by atoms with Crippen molar-refractivity contribution in [1.82, 2.24) is 26.6 Å². The summed E-state index contributed by atoms with van der Waals surface area (Å²) >= 11 is 0. The van der Waals surface area contributed by atoms with Crippen LogP contribution in [0.2, 0.25) is 0 Å². The van der Waals surface area contributed by atoms with Crippen LogP contribution in [0.3, 0.4) is 0 Å². The summed E-state index contributed by atoms with van der Waals surface area (Å²) in [6.45, 7) is 7.61. The summed E-state index contributed by atoms with van der Waals surface area (Å²) in [7, 11) is 0. The lowest BCUT2D eigenvalue weighted by molar-refractivity contribution is -0.148. The number of hydrogen-bond donors (Lipinski definition) is 7. The molecule has 0 saturated heterocycles. The highest BCUT2D eigenvalue weighted by Gasteiger charge is 2.35. The van der Waals surface area contributed by atoms with Crippen LogP contribution in [0.15, 0.2) is 60.7 Å². The van der Waals surface area contributed by atoms with Gasteiger partial charge in [0.05, 0.1) is 19.0 Å². The van der Waals surface area contributed by atoms with Gasteiger partial charge in [0.1, 0.15) is 30.8 Å². The van der Waals surface area contributed by atoms with Gasteiger partial charge in [-0.3, -0.25) is 33.6 Å². The Hall–Kier alpha value is -5.31. The fraction of sp³-hybridized carbons (Fsp3) is 0.457. The Morgan fingerprint density at radius 1 is 0.620 bits per heavy atom. The van der Waals surface area contributed by atoms with Gasteiger partial charge in [-0.05, 0) is 29.9 Å². The molecule has 0 radical (unpaired) electrons. The Morgan fingerprint density at radius 3 is 1.62 bits per heavy atom. The fourth-order valence-electron chi connectivity index (χ4n) is 4.66. The van der Waals surface area contributed by atoms with E-state index in [1.807, 2.05) is 0 Å². The normalized spacial score (nSPS) is 13.9. The SMILES string of the molecule is CC(C)[C@H](NC(=O)[C@H](CC(=O)OCc1ccccc1)NC(=O)[C@H](Cc1ccccc1)NC(=O)[C@@H](C)N)C(=O)N[C@H](C(=O)NCC(N)=O)C(C)C.